The molecule has 90 valence electrons. The molecule has 5 heteroatoms. The average Bonchev–Trinajstić information content (AvgIpc) is 2.17. The summed E-state index contributed by atoms with van der Waals surface area (Å²) in [5.41, 5.74) is 1.27. The highest BCUT2D eigenvalue weighted by Crippen LogP contribution is 2.17. The molecule has 0 aliphatic carbocycles. The first-order valence-corrected chi connectivity index (χ1v) is 6.67. The van der Waals surface area contributed by atoms with Crippen molar-refractivity contribution >= 4 is 15.7 Å². The van der Waals surface area contributed by atoms with Gasteiger partial charge in [0.2, 0.25) is 10.0 Å². The van der Waals surface area contributed by atoms with Gasteiger partial charge in [-0.25, -0.2) is 8.42 Å². The lowest BCUT2D eigenvalue weighted by atomic mass is 10.1. The van der Waals surface area contributed by atoms with Crippen LogP contribution in [0.2, 0.25) is 0 Å². The third kappa shape index (κ3) is 3.21. The number of sulfonamides is 1. The maximum absolute atomic E-state index is 11.6. The fraction of sp³-hybridized carbons (Fsp3) is 0.455. The van der Waals surface area contributed by atoms with E-state index in [2.05, 4.69) is 4.72 Å². The van der Waals surface area contributed by atoms with Crippen molar-refractivity contribution in [2.75, 3.05) is 4.72 Å². The third-order valence-electron chi connectivity index (χ3n) is 2.27. The first-order chi connectivity index (χ1) is 7.33. The highest BCUT2D eigenvalue weighted by Gasteiger charge is 2.15. The Morgan fingerprint density at radius 2 is 1.62 bits per heavy atom. The van der Waals surface area contributed by atoms with E-state index in [4.69, 9.17) is 0 Å². The van der Waals surface area contributed by atoms with Crippen LogP contribution in [0.3, 0.4) is 0 Å². The van der Waals surface area contributed by atoms with E-state index in [1.807, 2.05) is 0 Å². The third-order valence-corrected chi connectivity index (χ3v) is 4.04. The molecule has 0 amide bonds. The van der Waals surface area contributed by atoms with Crippen molar-refractivity contribution in [3.63, 3.8) is 0 Å². The molecule has 0 heterocycles. The number of aliphatic hydroxyl groups excluding tert-OH is 1. The molecule has 0 radical (unpaired) electrons. The normalized spacial score (nSPS) is 13.8. The van der Waals surface area contributed by atoms with Crippen LogP contribution in [0.4, 0.5) is 5.69 Å². The molecule has 2 N–H and O–H groups in total. The molecule has 0 aromatic heterocycles. The summed E-state index contributed by atoms with van der Waals surface area (Å²) in [5.74, 6) is 0. The van der Waals surface area contributed by atoms with Crippen LogP contribution in [-0.2, 0) is 10.0 Å². The van der Waals surface area contributed by atoms with Crippen LogP contribution >= 0.6 is 0 Å². The summed E-state index contributed by atoms with van der Waals surface area (Å²) in [6, 6.07) is 6.68. The molecule has 1 unspecified atom stereocenters. The van der Waals surface area contributed by atoms with E-state index in [1.54, 1.807) is 45.0 Å². The molecule has 1 rings (SSSR count). The van der Waals surface area contributed by atoms with Crippen molar-refractivity contribution in [1.82, 2.24) is 0 Å². The standard InChI is InChI=1S/C11H17NO3S/c1-8(2)16(14,15)12-11-6-4-10(5-7-11)9(3)13/h4-9,12-13H,1-3H3. The summed E-state index contributed by atoms with van der Waals surface area (Å²) >= 11 is 0. The van der Waals surface area contributed by atoms with Gasteiger partial charge in [-0.05, 0) is 38.5 Å². The van der Waals surface area contributed by atoms with Gasteiger partial charge in [-0.1, -0.05) is 12.1 Å². The fourth-order valence-electron chi connectivity index (χ4n) is 1.11. The summed E-state index contributed by atoms with van der Waals surface area (Å²) in [6.45, 7) is 4.90. The molecule has 16 heavy (non-hydrogen) atoms. The number of hydrogen-bond acceptors (Lipinski definition) is 3. The molecule has 1 atom stereocenters. The monoisotopic (exact) mass is 243 g/mol. The van der Waals surface area contributed by atoms with Crippen molar-refractivity contribution < 1.29 is 13.5 Å². The first kappa shape index (κ1) is 13.0. The van der Waals surface area contributed by atoms with Gasteiger partial charge in [0.1, 0.15) is 0 Å². The van der Waals surface area contributed by atoms with Crippen molar-refractivity contribution in [2.24, 2.45) is 0 Å². The molecule has 1 aromatic carbocycles. The lowest BCUT2D eigenvalue weighted by molar-refractivity contribution is 0.199. The van der Waals surface area contributed by atoms with Crippen LogP contribution in [0.1, 0.15) is 32.4 Å². The van der Waals surface area contributed by atoms with Gasteiger partial charge in [-0.15, -0.1) is 0 Å². The number of rotatable bonds is 4. The Morgan fingerprint density at radius 1 is 1.12 bits per heavy atom. The molecule has 0 fully saturated rings. The van der Waals surface area contributed by atoms with Crippen molar-refractivity contribution in [2.45, 2.75) is 32.1 Å². The minimum atomic E-state index is -3.30. The van der Waals surface area contributed by atoms with Gasteiger partial charge in [-0.3, -0.25) is 4.72 Å². The van der Waals surface area contributed by atoms with Crippen molar-refractivity contribution in [1.29, 1.82) is 0 Å². The van der Waals surface area contributed by atoms with Gasteiger partial charge in [0.05, 0.1) is 11.4 Å². The Bertz CT molecular complexity index is 435. The van der Waals surface area contributed by atoms with Crippen LogP contribution in [0.15, 0.2) is 24.3 Å². The smallest absolute Gasteiger partial charge is 0.235 e. The zero-order valence-corrected chi connectivity index (χ0v) is 10.5. The summed E-state index contributed by atoms with van der Waals surface area (Å²) < 4.78 is 25.6. The Morgan fingerprint density at radius 3 is 2.00 bits per heavy atom. The largest absolute Gasteiger partial charge is 0.389 e. The second-order valence-electron chi connectivity index (χ2n) is 3.99. The Labute approximate surface area is 96.4 Å². The summed E-state index contributed by atoms with van der Waals surface area (Å²) in [4.78, 5) is 0. The van der Waals surface area contributed by atoms with Crippen LogP contribution in [-0.4, -0.2) is 18.8 Å². The van der Waals surface area contributed by atoms with E-state index in [9.17, 15) is 13.5 Å². The van der Waals surface area contributed by atoms with E-state index in [1.165, 1.54) is 0 Å². The van der Waals surface area contributed by atoms with Gasteiger partial charge in [0, 0.05) is 5.69 Å². The molecular formula is C11H17NO3S. The summed E-state index contributed by atoms with van der Waals surface area (Å²) in [7, 11) is -3.30. The maximum Gasteiger partial charge on any atom is 0.235 e. The molecule has 0 aliphatic heterocycles. The zero-order chi connectivity index (χ0) is 12.3. The minimum Gasteiger partial charge on any atom is -0.389 e. The van der Waals surface area contributed by atoms with Gasteiger partial charge < -0.3 is 5.11 Å². The van der Waals surface area contributed by atoms with Gasteiger partial charge in [-0.2, -0.15) is 0 Å². The first-order valence-electron chi connectivity index (χ1n) is 5.12. The van der Waals surface area contributed by atoms with E-state index in [-0.39, 0.29) is 0 Å². The van der Waals surface area contributed by atoms with E-state index < -0.39 is 21.4 Å². The van der Waals surface area contributed by atoms with Crippen LogP contribution in [0, 0.1) is 0 Å². The van der Waals surface area contributed by atoms with Gasteiger partial charge in [0.15, 0.2) is 0 Å². The fourth-order valence-corrected chi connectivity index (χ4v) is 1.81. The number of anilines is 1. The zero-order valence-electron chi connectivity index (χ0n) is 9.64. The number of nitrogens with one attached hydrogen (secondary N) is 1. The predicted octanol–water partition coefficient (Wildman–Crippen LogP) is 1.89. The van der Waals surface area contributed by atoms with Crippen LogP contribution in [0.5, 0.6) is 0 Å². The summed E-state index contributed by atoms with van der Waals surface area (Å²) in [6.07, 6.45) is -0.546. The predicted molar refractivity (Wildman–Crippen MR) is 64.8 cm³/mol. The molecule has 4 nitrogen and oxygen atoms in total. The molecule has 0 spiro atoms. The average molecular weight is 243 g/mol. The molecular weight excluding hydrogens is 226 g/mol. The highest BCUT2D eigenvalue weighted by atomic mass is 32.2. The van der Waals surface area contributed by atoms with Crippen molar-refractivity contribution in [3.8, 4) is 0 Å². The number of benzene rings is 1. The lowest BCUT2D eigenvalue weighted by Gasteiger charge is -2.11. The van der Waals surface area contributed by atoms with E-state index in [0.29, 0.717) is 5.69 Å². The second-order valence-corrected chi connectivity index (χ2v) is 6.23. The topological polar surface area (TPSA) is 66.4 Å². The Kier molecular flexibility index (Phi) is 3.93. The maximum atomic E-state index is 11.6. The SMILES string of the molecule is CC(O)c1ccc(NS(=O)(=O)C(C)C)cc1. The molecule has 0 aliphatic rings. The van der Waals surface area contributed by atoms with Gasteiger partial charge in [0.25, 0.3) is 0 Å². The van der Waals surface area contributed by atoms with Gasteiger partial charge >= 0.3 is 0 Å². The second kappa shape index (κ2) is 4.84. The highest BCUT2D eigenvalue weighted by molar-refractivity contribution is 7.93. The summed E-state index contributed by atoms with van der Waals surface area (Å²) in [5, 5.41) is 8.83. The van der Waals surface area contributed by atoms with Crippen LogP contribution in [0.25, 0.3) is 0 Å². The number of hydrogen-bond donors (Lipinski definition) is 2. The van der Waals surface area contributed by atoms with Crippen LogP contribution < -0.4 is 4.72 Å². The minimum absolute atomic E-state index is 0.469. The lowest BCUT2D eigenvalue weighted by Crippen LogP contribution is -2.22. The van der Waals surface area contributed by atoms with Crippen molar-refractivity contribution in [3.05, 3.63) is 29.8 Å². The quantitative estimate of drug-likeness (QED) is 0.848. The Balaban J connectivity index is 2.85. The van der Waals surface area contributed by atoms with E-state index in [0.717, 1.165) is 5.56 Å². The molecule has 0 bridgehead atoms. The molecule has 0 saturated heterocycles. The molecule has 0 saturated carbocycles. The number of aliphatic hydroxyl groups is 1. The Hall–Kier alpha value is -1.07. The van der Waals surface area contributed by atoms with E-state index >= 15 is 0 Å². The molecule has 1 aromatic rings.